The van der Waals surface area contributed by atoms with E-state index in [1.54, 1.807) is 0 Å². The van der Waals surface area contributed by atoms with Gasteiger partial charge in [0.1, 0.15) is 6.54 Å². The van der Waals surface area contributed by atoms with Gasteiger partial charge in [0.2, 0.25) is 5.24 Å². The van der Waals surface area contributed by atoms with Crippen molar-refractivity contribution < 1.29 is 19.2 Å². The average molecular weight is 286 g/mol. The molecule has 0 spiro atoms. The Morgan fingerprint density at radius 3 is 2.22 bits per heavy atom. The van der Waals surface area contributed by atoms with Crippen molar-refractivity contribution >= 4 is 45.5 Å². The number of hydrogen-bond donors (Lipinski definition) is 0. The number of rotatable bonds is 3. The lowest BCUT2D eigenvalue weighted by Crippen LogP contribution is -2.33. The average Bonchev–Trinajstić information content (AvgIpc) is 2.53. The lowest BCUT2D eigenvalue weighted by molar-refractivity contribution is -0.112. The molecule has 0 saturated carbocycles. The van der Waals surface area contributed by atoms with Gasteiger partial charge in [0.15, 0.2) is 0 Å². The molecule has 2 rings (SSSR count). The molecule has 1 aromatic carbocycles. The summed E-state index contributed by atoms with van der Waals surface area (Å²) in [5.74, 6) is -1.28. The Kier molecular flexibility index (Phi) is 3.19. The van der Waals surface area contributed by atoms with Gasteiger partial charge in [0.25, 0.3) is 17.1 Å². The van der Waals surface area contributed by atoms with Gasteiger partial charge in [-0.05, 0) is 41.4 Å². The summed E-state index contributed by atoms with van der Waals surface area (Å²) in [5, 5.41) is -1.55. The number of nitrogens with zero attached hydrogens (tertiary/aromatic N) is 1. The number of carbonyl (C=O) groups excluding carboxylic acids is 4. The first-order chi connectivity index (χ1) is 8.41. The van der Waals surface area contributed by atoms with Crippen molar-refractivity contribution in [3.8, 4) is 0 Å². The van der Waals surface area contributed by atoms with E-state index < -0.39 is 28.8 Å². The Hall–Kier alpha value is -1.72. The van der Waals surface area contributed by atoms with Crippen LogP contribution in [0.4, 0.5) is 0 Å². The molecule has 1 aromatic rings. The lowest BCUT2D eigenvalue weighted by atomic mass is 10.1. The second-order valence-corrected chi connectivity index (χ2v) is 4.35. The summed E-state index contributed by atoms with van der Waals surface area (Å²) in [6.07, 6.45) is 0. The fraction of sp³-hybridized carbons (Fsp3) is 0.0909. The van der Waals surface area contributed by atoms with E-state index in [1.165, 1.54) is 18.2 Å². The molecule has 1 aliphatic rings. The first-order valence-electron chi connectivity index (χ1n) is 4.80. The van der Waals surface area contributed by atoms with Gasteiger partial charge >= 0.3 is 0 Å². The minimum absolute atomic E-state index is 0.0458. The summed E-state index contributed by atoms with van der Waals surface area (Å²) in [5.41, 5.74) is 0.277. The van der Waals surface area contributed by atoms with E-state index in [-0.39, 0.29) is 16.7 Å². The van der Waals surface area contributed by atoms with Gasteiger partial charge in [-0.1, -0.05) is 0 Å². The number of benzene rings is 1. The van der Waals surface area contributed by atoms with E-state index in [9.17, 15) is 19.2 Å². The third-order valence-electron chi connectivity index (χ3n) is 2.48. The van der Waals surface area contributed by atoms with E-state index in [1.807, 2.05) is 0 Å². The van der Waals surface area contributed by atoms with Crippen LogP contribution in [0.1, 0.15) is 31.1 Å². The molecule has 0 bridgehead atoms. The topological polar surface area (TPSA) is 71.5 Å². The third kappa shape index (κ3) is 2.02. The molecule has 0 radical (unpaired) electrons. The molecule has 1 aliphatic heterocycles. The van der Waals surface area contributed by atoms with Crippen molar-refractivity contribution in [3.63, 3.8) is 0 Å². The van der Waals surface area contributed by atoms with Gasteiger partial charge in [0, 0.05) is 5.56 Å². The van der Waals surface area contributed by atoms with Crippen molar-refractivity contribution in [2.45, 2.75) is 0 Å². The molecule has 1 heterocycles. The SMILES string of the molecule is O=C(Cl)CN1C(=O)c2ccc(C(=O)Cl)cc2C1=O. The van der Waals surface area contributed by atoms with Crippen molar-refractivity contribution in [1.29, 1.82) is 0 Å². The summed E-state index contributed by atoms with van der Waals surface area (Å²) >= 11 is 10.4. The Morgan fingerprint density at radius 2 is 1.67 bits per heavy atom. The van der Waals surface area contributed by atoms with E-state index >= 15 is 0 Å². The van der Waals surface area contributed by atoms with E-state index in [0.29, 0.717) is 0 Å². The number of amides is 2. The number of hydrogen-bond acceptors (Lipinski definition) is 4. The quantitative estimate of drug-likeness (QED) is 0.622. The fourth-order valence-corrected chi connectivity index (χ4v) is 1.92. The van der Waals surface area contributed by atoms with Crippen molar-refractivity contribution in [3.05, 3.63) is 34.9 Å². The van der Waals surface area contributed by atoms with Crippen LogP contribution in [0.15, 0.2) is 18.2 Å². The van der Waals surface area contributed by atoms with Crippen molar-refractivity contribution in [1.82, 2.24) is 4.90 Å². The number of halogens is 2. The Bertz CT molecular complexity index is 597. The normalized spacial score (nSPS) is 13.8. The molecule has 2 amide bonds. The van der Waals surface area contributed by atoms with Crippen molar-refractivity contribution in [2.75, 3.05) is 6.54 Å². The van der Waals surface area contributed by atoms with Crippen LogP contribution in [0.25, 0.3) is 0 Å². The molecule has 0 aliphatic carbocycles. The molecule has 0 aromatic heterocycles. The van der Waals surface area contributed by atoms with Gasteiger partial charge in [-0.2, -0.15) is 0 Å². The van der Waals surface area contributed by atoms with Crippen LogP contribution in [0.5, 0.6) is 0 Å². The maximum atomic E-state index is 11.9. The summed E-state index contributed by atoms with van der Waals surface area (Å²) in [4.78, 5) is 46.1. The first kappa shape index (κ1) is 12.7. The highest BCUT2D eigenvalue weighted by Gasteiger charge is 2.36. The number of fused-ring (bicyclic) bond motifs is 1. The maximum Gasteiger partial charge on any atom is 0.262 e. The van der Waals surface area contributed by atoms with Gasteiger partial charge in [0.05, 0.1) is 11.1 Å². The van der Waals surface area contributed by atoms with E-state index in [0.717, 1.165) is 4.90 Å². The maximum absolute atomic E-state index is 11.9. The van der Waals surface area contributed by atoms with Crippen molar-refractivity contribution in [2.24, 2.45) is 0 Å². The molecule has 7 heteroatoms. The standard InChI is InChI=1S/C11H5Cl2NO4/c12-8(15)4-14-10(17)6-2-1-5(9(13)16)3-7(6)11(14)18/h1-3H,4H2. The second kappa shape index (κ2) is 4.51. The van der Waals surface area contributed by atoms with Crippen LogP contribution in [-0.2, 0) is 4.79 Å². The van der Waals surface area contributed by atoms with Gasteiger partial charge < -0.3 is 0 Å². The van der Waals surface area contributed by atoms with Gasteiger partial charge in [-0.3, -0.25) is 24.1 Å². The van der Waals surface area contributed by atoms with Crippen LogP contribution in [0, 0.1) is 0 Å². The summed E-state index contributed by atoms with van der Waals surface area (Å²) in [6, 6.07) is 3.89. The molecule has 5 nitrogen and oxygen atoms in total. The smallest absolute Gasteiger partial charge is 0.262 e. The Morgan fingerprint density at radius 1 is 1.06 bits per heavy atom. The van der Waals surface area contributed by atoms with E-state index in [2.05, 4.69) is 0 Å². The molecular formula is C11H5Cl2NO4. The summed E-state index contributed by atoms with van der Waals surface area (Å²) in [7, 11) is 0. The zero-order chi connectivity index (χ0) is 13.4. The molecule has 0 atom stereocenters. The number of imide groups is 1. The zero-order valence-corrected chi connectivity index (χ0v) is 10.3. The second-order valence-electron chi connectivity index (χ2n) is 3.59. The third-order valence-corrected chi connectivity index (χ3v) is 2.82. The molecule has 0 saturated heterocycles. The molecule has 0 unspecified atom stereocenters. The first-order valence-corrected chi connectivity index (χ1v) is 5.56. The molecule has 92 valence electrons. The predicted molar refractivity (Wildman–Crippen MR) is 62.9 cm³/mol. The fourth-order valence-electron chi connectivity index (χ4n) is 1.68. The Balaban J connectivity index is 2.45. The van der Waals surface area contributed by atoms with Gasteiger partial charge in [-0.15, -0.1) is 0 Å². The van der Waals surface area contributed by atoms with Crippen LogP contribution >= 0.6 is 23.2 Å². The zero-order valence-electron chi connectivity index (χ0n) is 8.78. The van der Waals surface area contributed by atoms with Crippen LogP contribution < -0.4 is 0 Å². The monoisotopic (exact) mass is 285 g/mol. The predicted octanol–water partition coefficient (Wildman–Crippen LogP) is 1.43. The van der Waals surface area contributed by atoms with Crippen LogP contribution in [-0.4, -0.2) is 33.7 Å². The molecule has 0 N–H and O–H groups in total. The Labute approximate surface area is 111 Å². The highest BCUT2D eigenvalue weighted by atomic mass is 35.5. The largest absolute Gasteiger partial charge is 0.279 e. The number of carbonyl (C=O) groups is 4. The minimum Gasteiger partial charge on any atom is -0.279 e. The van der Waals surface area contributed by atoms with Crippen LogP contribution in [0.3, 0.4) is 0 Å². The van der Waals surface area contributed by atoms with Crippen LogP contribution in [0.2, 0.25) is 0 Å². The molecular weight excluding hydrogens is 281 g/mol. The summed E-state index contributed by atoms with van der Waals surface area (Å²) < 4.78 is 0. The highest BCUT2D eigenvalue weighted by Crippen LogP contribution is 2.24. The minimum atomic E-state index is -0.821. The lowest BCUT2D eigenvalue weighted by Gasteiger charge is -2.09. The van der Waals surface area contributed by atoms with Gasteiger partial charge in [-0.25, -0.2) is 0 Å². The summed E-state index contributed by atoms with van der Waals surface area (Å²) in [6.45, 7) is -0.502. The van der Waals surface area contributed by atoms with E-state index in [4.69, 9.17) is 23.2 Å². The highest BCUT2D eigenvalue weighted by molar-refractivity contribution is 6.67. The molecule has 18 heavy (non-hydrogen) atoms. The molecule has 0 fully saturated rings.